The van der Waals surface area contributed by atoms with Crippen molar-refractivity contribution >= 4 is 73.6 Å². The zero-order valence-electron chi connectivity index (χ0n) is 40.9. The van der Waals surface area contributed by atoms with Crippen molar-refractivity contribution in [3.8, 4) is 22.3 Å². The van der Waals surface area contributed by atoms with Gasteiger partial charge in [-0.05, 0) is 102 Å². The summed E-state index contributed by atoms with van der Waals surface area (Å²) < 4.78 is 10.9. The average molecular weight is 999 g/mol. The number of amides is 4. The summed E-state index contributed by atoms with van der Waals surface area (Å²) in [6.45, 7) is 14.0. The highest BCUT2D eigenvalue weighted by molar-refractivity contribution is 6.31. The Kier molecular flexibility index (Phi) is 15.9. The lowest BCUT2D eigenvalue weighted by Gasteiger charge is -2.26. The Morgan fingerprint density at radius 3 is 1.47 bits per heavy atom. The highest BCUT2D eigenvalue weighted by atomic mass is 35.5. The molecule has 16 heteroatoms. The number of morpholine rings is 2. The van der Waals surface area contributed by atoms with E-state index in [2.05, 4.69) is 61.4 Å². The molecule has 0 unspecified atom stereocenters. The first-order valence-electron chi connectivity index (χ1n) is 24.2. The van der Waals surface area contributed by atoms with Gasteiger partial charge in [-0.3, -0.25) is 29.9 Å². The number of aryl methyl sites for hydroxylation is 3. The molecule has 0 saturated carbocycles. The number of carbonyl (C=O) groups is 2. The van der Waals surface area contributed by atoms with Gasteiger partial charge in [0.25, 0.3) is 5.69 Å². The molecule has 2 fully saturated rings. The van der Waals surface area contributed by atoms with Crippen LogP contribution in [0, 0.1) is 30.9 Å². The number of fused-ring (bicyclic) bond motifs is 2. The van der Waals surface area contributed by atoms with Crippen molar-refractivity contribution < 1.29 is 24.0 Å². The van der Waals surface area contributed by atoms with Gasteiger partial charge in [-0.1, -0.05) is 90.5 Å². The van der Waals surface area contributed by atoms with Crippen LogP contribution < -0.4 is 21.3 Å². The molecule has 4 heterocycles. The van der Waals surface area contributed by atoms with Gasteiger partial charge in [0.1, 0.15) is 5.69 Å². The molecule has 4 amide bonds. The lowest BCUT2D eigenvalue weighted by atomic mass is 9.98. The van der Waals surface area contributed by atoms with Crippen molar-refractivity contribution in [1.82, 2.24) is 19.8 Å². The number of nitrogens with one attached hydrogen (secondary N) is 4. The maximum Gasteiger partial charge on any atom is 0.323 e. The molecule has 372 valence electrons. The van der Waals surface area contributed by atoms with E-state index in [1.54, 1.807) is 25.1 Å². The Labute approximate surface area is 428 Å². The van der Waals surface area contributed by atoms with Crippen LogP contribution in [0.4, 0.5) is 38.0 Å². The number of aromatic nitrogens is 2. The Morgan fingerprint density at radius 1 is 0.548 bits per heavy atom. The summed E-state index contributed by atoms with van der Waals surface area (Å²) in [5.74, 6) is 0. The van der Waals surface area contributed by atoms with Crippen LogP contribution in [0.1, 0.15) is 28.1 Å². The van der Waals surface area contributed by atoms with E-state index in [1.165, 1.54) is 6.07 Å². The molecule has 0 spiro atoms. The molecule has 0 atom stereocenters. The number of carbonyl (C=O) groups excluding carboxylic acids is 2. The molecular formula is C57H56ClN9O6. The molecule has 8 aromatic rings. The van der Waals surface area contributed by atoms with Crippen LogP contribution in [0.5, 0.6) is 0 Å². The minimum atomic E-state index is -0.552. The maximum absolute atomic E-state index is 12.9. The normalized spacial score (nSPS) is 14.0. The number of hydrogen-bond donors (Lipinski definition) is 4. The topological polar surface area (TPSA) is 176 Å². The van der Waals surface area contributed by atoms with Crippen LogP contribution in [-0.2, 0) is 22.6 Å². The predicted molar refractivity (Wildman–Crippen MR) is 291 cm³/mol. The molecule has 6 aromatic carbocycles. The number of pyridine rings is 2. The van der Waals surface area contributed by atoms with Crippen molar-refractivity contribution in [3.63, 3.8) is 0 Å². The molecule has 10 rings (SSSR count). The first kappa shape index (κ1) is 50.2. The minimum Gasteiger partial charge on any atom is -0.379 e. The van der Waals surface area contributed by atoms with E-state index in [0.29, 0.717) is 16.4 Å². The quantitative estimate of drug-likeness (QED) is 0.0721. The van der Waals surface area contributed by atoms with Gasteiger partial charge in [-0.15, -0.1) is 0 Å². The lowest BCUT2D eigenvalue weighted by molar-refractivity contribution is -0.384. The second kappa shape index (κ2) is 23.2. The number of benzene rings is 6. The van der Waals surface area contributed by atoms with Crippen molar-refractivity contribution in [2.24, 2.45) is 0 Å². The molecule has 4 N–H and O–H groups in total. The number of nitro groups is 1. The van der Waals surface area contributed by atoms with Crippen molar-refractivity contribution in [2.45, 2.75) is 33.9 Å². The van der Waals surface area contributed by atoms with Crippen LogP contribution in [0.25, 0.3) is 43.8 Å². The number of ether oxygens (including phenoxy) is 2. The number of nitro benzene ring substituents is 1. The Morgan fingerprint density at radius 2 is 1.00 bits per heavy atom. The monoisotopic (exact) mass is 997 g/mol. The largest absolute Gasteiger partial charge is 0.379 e. The first-order chi connectivity index (χ1) is 35.4. The van der Waals surface area contributed by atoms with E-state index in [0.717, 1.165) is 143 Å². The minimum absolute atomic E-state index is 0.145. The number of halogens is 1. The third kappa shape index (κ3) is 12.5. The second-order valence-corrected chi connectivity index (χ2v) is 18.5. The van der Waals surface area contributed by atoms with E-state index in [4.69, 9.17) is 31.0 Å². The molecule has 2 aliphatic rings. The third-order valence-corrected chi connectivity index (χ3v) is 13.3. The van der Waals surface area contributed by atoms with Crippen molar-refractivity contribution in [1.29, 1.82) is 0 Å². The van der Waals surface area contributed by atoms with Gasteiger partial charge in [-0.2, -0.15) is 0 Å². The van der Waals surface area contributed by atoms with Gasteiger partial charge in [0, 0.05) is 90.3 Å². The summed E-state index contributed by atoms with van der Waals surface area (Å²) in [5.41, 5.74) is 10.8. The zero-order valence-corrected chi connectivity index (χ0v) is 41.7. The molecule has 2 aromatic heterocycles. The fourth-order valence-corrected chi connectivity index (χ4v) is 9.16. The van der Waals surface area contributed by atoms with Gasteiger partial charge in [0.05, 0.1) is 54.1 Å². The first-order valence-corrected chi connectivity index (χ1v) is 24.6. The number of rotatable bonds is 11. The molecular weight excluding hydrogens is 942 g/mol. The lowest BCUT2D eigenvalue weighted by Crippen LogP contribution is -2.35. The number of urea groups is 2. The second-order valence-electron chi connectivity index (χ2n) is 18.1. The standard InChI is InChI=1S/C29H29N5O4.C28H27ClN4O2/c1-19-15-27(28(34(36)37)16-20(19)2)32-29(35)31-26-10-9-23(24-5-3-4-6-25(24)26)21-7-8-22(30-17-21)18-33-11-13-38-14-12-33;1-19-6-8-21(29)16-27(19)32-28(34)31-26-11-10-23(24-4-2-3-5-25(24)26)20-7-9-22(30-17-20)18-33-12-14-35-15-13-33/h3-10,15-17H,11-14,18H2,1-2H3,(H2,31,32,35);2-11,16-17H,12-15,18H2,1H3,(H2,31,32,34). The number of anilines is 4. The van der Waals surface area contributed by atoms with E-state index in [-0.39, 0.29) is 17.4 Å². The zero-order chi connectivity index (χ0) is 50.8. The third-order valence-electron chi connectivity index (χ3n) is 13.1. The van der Waals surface area contributed by atoms with Gasteiger partial charge in [0.2, 0.25) is 0 Å². The summed E-state index contributed by atoms with van der Waals surface area (Å²) in [4.78, 5) is 50.8. The fraction of sp³-hybridized carbons (Fsp3) is 0.228. The Bertz CT molecular complexity index is 3290. The molecule has 15 nitrogen and oxygen atoms in total. The molecule has 0 bridgehead atoms. The van der Waals surface area contributed by atoms with Crippen LogP contribution >= 0.6 is 11.6 Å². The van der Waals surface area contributed by atoms with E-state index in [9.17, 15) is 19.7 Å². The highest BCUT2D eigenvalue weighted by Gasteiger charge is 2.20. The van der Waals surface area contributed by atoms with Crippen molar-refractivity contribution in [3.05, 3.63) is 183 Å². The summed E-state index contributed by atoms with van der Waals surface area (Å²) in [5, 5.41) is 27.3. The van der Waals surface area contributed by atoms with Crippen LogP contribution in [0.15, 0.2) is 140 Å². The Balaban J connectivity index is 0.000000180. The van der Waals surface area contributed by atoms with Crippen molar-refractivity contribution in [2.75, 3.05) is 73.9 Å². The summed E-state index contributed by atoms with van der Waals surface area (Å²) in [6.07, 6.45) is 3.81. The number of nitrogens with zero attached hydrogens (tertiary/aromatic N) is 5. The highest BCUT2D eigenvalue weighted by Crippen LogP contribution is 2.36. The van der Waals surface area contributed by atoms with E-state index >= 15 is 0 Å². The summed E-state index contributed by atoms with van der Waals surface area (Å²) >= 11 is 6.09. The fourth-order valence-electron chi connectivity index (χ4n) is 8.98. The summed E-state index contributed by atoms with van der Waals surface area (Å²) in [7, 11) is 0. The van der Waals surface area contributed by atoms with Crippen LogP contribution in [0.3, 0.4) is 0 Å². The smallest absolute Gasteiger partial charge is 0.323 e. The molecule has 0 aliphatic carbocycles. The maximum atomic E-state index is 12.9. The predicted octanol–water partition coefficient (Wildman–Crippen LogP) is 12.2. The van der Waals surface area contributed by atoms with Crippen LogP contribution in [-0.4, -0.2) is 89.4 Å². The van der Waals surface area contributed by atoms with Gasteiger partial charge >= 0.3 is 12.1 Å². The molecule has 2 aliphatic heterocycles. The van der Waals surface area contributed by atoms with Crippen LogP contribution in [0.2, 0.25) is 5.02 Å². The molecule has 73 heavy (non-hydrogen) atoms. The molecule has 2 saturated heterocycles. The van der Waals surface area contributed by atoms with E-state index < -0.39 is 11.0 Å². The number of hydrogen-bond acceptors (Lipinski definition) is 10. The van der Waals surface area contributed by atoms with Gasteiger partial charge in [-0.25, -0.2) is 9.59 Å². The van der Waals surface area contributed by atoms with Gasteiger partial charge < -0.3 is 30.7 Å². The average Bonchev–Trinajstić information content (AvgIpc) is 3.40. The summed E-state index contributed by atoms with van der Waals surface area (Å²) in [6, 6.07) is 39.6. The van der Waals surface area contributed by atoms with Gasteiger partial charge in [0.15, 0.2) is 0 Å². The Hall–Kier alpha value is -7.79. The molecule has 0 radical (unpaired) electrons. The van der Waals surface area contributed by atoms with E-state index in [1.807, 2.05) is 99.0 Å². The SMILES string of the molecule is Cc1cc(NC(=O)Nc2ccc(-c3ccc(CN4CCOCC4)nc3)c3ccccc23)c([N+](=O)[O-])cc1C.Cc1ccc(Cl)cc1NC(=O)Nc1ccc(-c2ccc(CN3CCOCC3)nc2)c2ccccc12.